The molecule has 3 heteroatoms. The molecular weight excluding hydrogens is 270 g/mol. The molecule has 0 fully saturated rings. The zero-order valence-electron chi connectivity index (χ0n) is 14.0. The predicted molar refractivity (Wildman–Crippen MR) is 91.4 cm³/mol. The van der Waals surface area contributed by atoms with Gasteiger partial charge in [-0.15, -0.1) is 0 Å². The normalized spacial score (nSPS) is 12.0. The number of aromatic nitrogens is 2. The molecule has 0 N–H and O–H groups in total. The molecule has 0 aliphatic heterocycles. The number of aryl methyl sites for hydroxylation is 2. The Bertz CT molecular complexity index is 646. The van der Waals surface area contributed by atoms with Crippen LogP contribution >= 0.6 is 0 Å². The minimum absolute atomic E-state index is 0.500. The summed E-state index contributed by atoms with van der Waals surface area (Å²) < 4.78 is 1.97. The highest BCUT2D eigenvalue weighted by atomic mass is 15.3. The molecule has 0 aliphatic rings. The van der Waals surface area contributed by atoms with Crippen molar-refractivity contribution in [3.8, 4) is 11.8 Å². The van der Waals surface area contributed by atoms with Crippen molar-refractivity contribution in [1.29, 1.82) is 0 Å². The van der Waals surface area contributed by atoms with Crippen LogP contribution in [0, 0.1) is 18.8 Å². The van der Waals surface area contributed by atoms with Crippen LogP contribution in [0.15, 0.2) is 36.4 Å². The first-order valence-corrected chi connectivity index (χ1v) is 7.87. The number of benzene rings is 1. The molecule has 3 nitrogen and oxygen atoms in total. The van der Waals surface area contributed by atoms with E-state index in [9.17, 15) is 0 Å². The van der Waals surface area contributed by atoms with E-state index in [4.69, 9.17) is 0 Å². The van der Waals surface area contributed by atoms with Crippen molar-refractivity contribution < 1.29 is 0 Å². The quantitative estimate of drug-likeness (QED) is 0.789. The molecule has 1 unspecified atom stereocenters. The second kappa shape index (κ2) is 7.82. The average molecular weight is 295 g/mol. The second-order valence-corrected chi connectivity index (χ2v) is 5.73. The van der Waals surface area contributed by atoms with Gasteiger partial charge in [-0.05, 0) is 38.5 Å². The predicted octanol–water partition coefficient (Wildman–Crippen LogP) is 3.38. The van der Waals surface area contributed by atoms with Crippen molar-refractivity contribution >= 4 is 0 Å². The van der Waals surface area contributed by atoms with Gasteiger partial charge in [-0.3, -0.25) is 9.58 Å². The molecule has 116 valence electrons. The third-order valence-corrected chi connectivity index (χ3v) is 3.97. The summed E-state index contributed by atoms with van der Waals surface area (Å²) in [5.74, 6) is 6.56. The molecule has 2 rings (SSSR count). The maximum absolute atomic E-state index is 4.43. The Morgan fingerprint density at radius 1 is 1.27 bits per heavy atom. The van der Waals surface area contributed by atoms with Crippen molar-refractivity contribution in [1.82, 2.24) is 14.7 Å². The largest absolute Gasteiger partial charge is 0.284 e. The lowest BCUT2D eigenvalue weighted by atomic mass is 10.2. The van der Waals surface area contributed by atoms with Crippen LogP contribution in [-0.2, 0) is 13.6 Å². The van der Waals surface area contributed by atoms with Crippen molar-refractivity contribution in [2.45, 2.75) is 39.8 Å². The highest BCUT2D eigenvalue weighted by Crippen LogP contribution is 2.11. The Balaban J connectivity index is 2.07. The van der Waals surface area contributed by atoms with Crippen molar-refractivity contribution in [3.63, 3.8) is 0 Å². The zero-order valence-corrected chi connectivity index (χ0v) is 14.0. The van der Waals surface area contributed by atoms with E-state index in [0.717, 1.165) is 30.8 Å². The summed E-state index contributed by atoms with van der Waals surface area (Å²) in [4.78, 5) is 2.41. The minimum atomic E-state index is 0.500. The molecule has 0 aliphatic carbocycles. The molecule has 0 amide bonds. The van der Waals surface area contributed by atoms with E-state index in [-0.39, 0.29) is 0 Å². The zero-order chi connectivity index (χ0) is 15.9. The van der Waals surface area contributed by atoms with Gasteiger partial charge < -0.3 is 0 Å². The van der Waals surface area contributed by atoms with E-state index >= 15 is 0 Å². The van der Waals surface area contributed by atoms with E-state index in [0.29, 0.717) is 6.04 Å². The van der Waals surface area contributed by atoms with Gasteiger partial charge >= 0.3 is 0 Å². The van der Waals surface area contributed by atoms with Gasteiger partial charge in [0.25, 0.3) is 0 Å². The lowest BCUT2D eigenvalue weighted by Crippen LogP contribution is -2.33. The lowest BCUT2D eigenvalue weighted by molar-refractivity contribution is 0.215. The molecule has 1 atom stereocenters. The van der Waals surface area contributed by atoms with Crippen LogP contribution in [0.2, 0.25) is 0 Å². The van der Waals surface area contributed by atoms with E-state index in [1.54, 1.807) is 0 Å². The van der Waals surface area contributed by atoms with E-state index in [1.807, 2.05) is 49.0 Å². The summed E-state index contributed by atoms with van der Waals surface area (Å²) in [5, 5.41) is 4.43. The smallest absolute Gasteiger partial charge is 0.0611 e. The Labute approximate surface area is 134 Å². The van der Waals surface area contributed by atoms with Crippen LogP contribution in [-0.4, -0.2) is 27.3 Å². The summed E-state index contributed by atoms with van der Waals surface area (Å²) >= 11 is 0. The van der Waals surface area contributed by atoms with E-state index in [2.05, 4.69) is 41.8 Å². The Hall–Kier alpha value is -2.05. The topological polar surface area (TPSA) is 21.1 Å². The molecule has 1 aromatic carbocycles. The first kappa shape index (κ1) is 16.3. The van der Waals surface area contributed by atoms with Crippen molar-refractivity contribution in [3.05, 3.63) is 53.3 Å². The molecule has 2 aromatic rings. The van der Waals surface area contributed by atoms with E-state index < -0.39 is 0 Å². The summed E-state index contributed by atoms with van der Waals surface area (Å²) in [7, 11) is 2.01. The number of hydrogen-bond donors (Lipinski definition) is 0. The first-order chi connectivity index (χ1) is 10.6. The summed E-state index contributed by atoms with van der Waals surface area (Å²) in [6, 6.07) is 12.8. The molecule has 0 spiro atoms. The van der Waals surface area contributed by atoms with Crippen LogP contribution in [0.3, 0.4) is 0 Å². The third kappa shape index (κ3) is 4.47. The third-order valence-electron chi connectivity index (χ3n) is 3.97. The van der Waals surface area contributed by atoms with Crippen LogP contribution < -0.4 is 0 Å². The number of nitrogens with zero attached hydrogens (tertiary/aromatic N) is 3. The molecule has 1 heterocycles. The summed E-state index contributed by atoms with van der Waals surface area (Å²) in [6.45, 7) is 8.17. The fourth-order valence-corrected chi connectivity index (χ4v) is 2.41. The molecular formula is C19H25N3. The molecule has 1 aromatic heterocycles. The van der Waals surface area contributed by atoms with Gasteiger partial charge in [0.1, 0.15) is 0 Å². The van der Waals surface area contributed by atoms with Crippen LogP contribution in [0.4, 0.5) is 0 Å². The molecule has 0 radical (unpaired) electrons. The van der Waals surface area contributed by atoms with Crippen molar-refractivity contribution in [2.75, 3.05) is 6.54 Å². The standard InChI is InChI=1S/C19H25N3/c1-5-17(3)22(15-19-14-16(2)20-21(19)4)13-9-12-18-10-7-6-8-11-18/h6-8,10-11,14,17H,5,13,15H2,1-4H3. The Morgan fingerprint density at radius 2 is 2.00 bits per heavy atom. The summed E-state index contributed by atoms with van der Waals surface area (Å²) in [5.41, 5.74) is 3.37. The molecule has 0 saturated heterocycles. The highest BCUT2D eigenvalue weighted by Gasteiger charge is 2.13. The van der Waals surface area contributed by atoms with Gasteiger partial charge in [0.15, 0.2) is 0 Å². The summed E-state index contributed by atoms with van der Waals surface area (Å²) in [6.07, 6.45) is 1.11. The fourth-order valence-electron chi connectivity index (χ4n) is 2.41. The van der Waals surface area contributed by atoms with Gasteiger partial charge in [-0.25, -0.2) is 0 Å². The van der Waals surface area contributed by atoms with Crippen LogP contribution in [0.1, 0.15) is 37.2 Å². The monoisotopic (exact) mass is 295 g/mol. The number of hydrogen-bond acceptors (Lipinski definition) is 2. The van der Waals surface area contributed by atoms with Crippen LogP contribution in [0.5, 0.6) is 0 Å². The first-order valence-electron chi connectivity index (χ1n) is 7.87. The van der Waals surface area contributed by atoms with Gasteiger partial charge in [0.05, 0.1) is 17.9 Å². The fraction of sp³-hybridized carbons (Fsp3) is 0.421. The van der Waals surface area contributed by atoms with Gasteiger partial charge in [0, 0.05) is 25.2 Å². The lowest BCUT2D eigenvalue weighted by Gasteiger charge is -2.26. The Morgan fingerprint density at radius 3 is 2.59 bits per heavy atom. The average Bonchev–Trinajstić information content (AvgIpc) is 2.84. The highest BCUT2D eigenvalue weighted by molar-refractivity contribution is 5.33. The van der Waals surface area contributed by atoms with Gasteiger partial charge in [-0.1, -0.05) is 37.0 Å². The molecule has 0 saturated carbocycles. The van der Waals surface area contributed by atoms with Gasteiger partial charge in [0.2, 0.25) is 0 Å². The van der Waals surface area contributed by atoms with Crippen molar-refractivity contribution in [2.24, 2.45) is 7.05 Å². The maximum atomic E-state index is 4.43. The van der Waals surface area contributed by atoms with Crippen LogP contribution in [0.25, 0.3) is 0 Å². The molecule has 0 bridgehead atoms. The second-order valence-electron chi connectivity index (χ2n) is 5.73. The maximum Gasteiger partial charge on any atom is 0.0611 e. The SMILES string of the molecule is CCC(C)N(CC#Cc1ccccc1)Cc1cc(C)nn1C. The minimum Gasteiger partial charge on any atom is -0.284 e. The number of rotatable bonds is 5. The van der Waals surface area contributed by atoms with Gasteiger partial charge in [-0.2, -0.15) is 5.10 Å². The van der Waals surface area contributed by atoms with E-state index in [1.165, 1.54) is 5.69 Å². The Kier molecular flexibility index (Phi) is 5.80. The molecule has 22 heavy (non-hydrogen) atoms.